The Balaban J connectivity index is 1.62. The van der Waals surface area contributed by atoms with Gasteiger partial charge in [0.05, 0.1) is 32.0 Å². The van der Waals surface area contributed by atoms with Crippen LogP contribution in [0.25, 0.3) is 5.57 Å². The Hall–Kier alpha value is -2.93. The highest BCUT2D eigenvalue weighted by Gasteiger charge is 2.32. The summed E-state index contributed by atoms with van der Waals surface area (Å²) in [5, 5.41) is 3.52. The van der Waals surface area contributed by atoms with E-state index in [9.17, 15) is 4.79 Å². The zero-order valence-electron chi connectivity index (χ0n) is 21.7. The molecule has 0 saturated heterocycles. The van der Waals surface area contributed by atoms with Crippen LogP contribution in [-0.2, 0) is 22.6 Å². The topological polar surface area (TPSA) is 76.6 Å². The van der Waals surface area contributed by atoms with Crippen molar-refractivity contribution in [3.63, 3.8) is 0 Å². The summed E-state index contributed by atoms with van der Waals surface area (Å²) in [6, 6.07) is 8.66. The predicted octanol–water partition coefficient (Wildman–Crippen LogP) is 6.57. The molecule has 3 heterocycles. The number of ether oxygens (including phenoxy) is 2. The Labute approximate surface area is 208 Å². The van der Waals surface area contributed by atoms with Crippen LogP contribution in [0.3, 0.4) is 0 Å². The fourth-order valence-electron chi connectivity index (χ4n) is 4.62. The molecule has 0 fully saturated rings. The van der Waals surface area contributed by atoms with E-state index < -0.39 is 5.60 Å². The molecule has 1 amide bonds. The average molecular weight is 479 g/mol. The van der Waals surface area contributed by atoms with E-state index in [1.807, 2.05) is 26.8 Å². The van der Waals surface area contributed by atoms with E-state index in [1.165, 1.54) is 18.4 Å². The van der Waals surface area contributed by atoms with Crippen molar-refractivity contribution in [1.82, 2.24) is 14.9 Å². The first-order valence-corrected chi connectivity index (χ1v) is 12.8. The van der Waals surface area contributed by atoms with Crippen LogP contribution in [0.1, 0.15) is 88.9 Å². The third-order valence-electron chi connectivity index (χ3n) is 6.46. The second kappa shape index (κ2) is 10.8. The van der Waals surface area contributed by atoms with Gasteiger partial charge in [-0.05, 0) is 69.2 Å². The first kappa shape index (κ1) is 25.2. The van der Waals surface area contributed by atoms with E-state index in [1.54, 1.807) is 4.90 Å². The van der Waals surface area contributed by atoms with Crippen LogP contribution < -0.4 is 5.32 Å². The Kier molecular flexibility index (Phi) is 7.75. The Bertz CT molecular complexity index is 1070. The lowest BCUT2D eigenvalue weighted by atomic mass is 9.92. The summed E-state index contributed by atoms with van der Waals surface area (Å²) in [4.78, 5) is 24.2. The van der Waals surface area contributed by atoms with Gasteiger partial charge in [0.15, 0.2) is 5.82 Å². The first-order chi connectivity index (χ1) is 16.8. The maximum Gasteiger partial charge on any atom is 0.410 e. The molecule has 0 spiro atoms. The van der Waals surface area contributed by atoms with Crippen LogP contribution in [0.15, 0.2) is 30.3 Å². The summed E-state index contributed by atoms with van der Waals surface area (Å²) in [6.07, 6.45) is 6.01. The van der Waals surface area contributed by atoms with Gasteiger partial charge in [0.1, 0.15) is 11.4 Å². The van der Waals surface area contributed by atoms with Gasteiger partial charge in [0, 0.05) is 11.3 Å². The van der Waals surface area contributed by atoms with Crippen LogP contribution >= 0.6 is 0 Å². The molecular weight excluding hydrogens is 440 g/mol. The van der Waals surface area contributed by atoms with Gasteiger partial charge in [-0.15, -0.1) is 0 Å². The molecule has 7 heteroatoms. The molecule has 0 bridgehead atoms. The van der Waals surface area contributed by atoms with E-state index in [0.717, 1.165) is 41.2 Å². The van der Waals surface area contributed by atoms with Crippen LogP contribution in [-0.4, -0.2) is 39.8 Å². The van der Waals surface area contributed by atoms with Crippen LogP contribution in [0.2, 0.25) is 0 Å². The Morgan fingerprint density at radius 3 is 2.57 bits per heavy atom. The fraction of sp³-hybridized carbons (Fsp3) is 0.536. The summed E-state index contributed by atoms with van der Waals surface area (Å²) in [5.41, 5.74) is 4.68. The monoisotopic (exact) mass is 478 g/mol. The molecule has 2 aromatic rings. The third-order valence-corrected chi connectivity index (χ3v) is 6.46. The Morgan fingerprint density at radius 2 is 1.94 bits per heavy atom. The number of carbonyl (C=O) groups excluding carboxylic acids is 1. The van der Waals surface area contributed by atoms with E-state index in [4.69, 9.17) is 19.4 Å². The lowest BCUT2D eigenvalue weighted by Gasteiger charge is -2.24. The van der Waals surface area contributed by atoms with Crippen LogP contribution in [0.5, 0.6) is 0 Å². The molecule has 0 saturated carbocycles. The number of hydrogen-bond donors (Lipinski definition) is 1. The zero-order valence-corrected chi connectivity index (χ0v) is 21.7. The van der Waals surface area contributed by atoms with Crippen molar-refractivity contribution in [3.05, 3.63) is 53.0 Å². The maximum atomic E-state index is 12.8. The van der Waals surface area contributed by atoms with Crippen molar-refractivity contribution in [2.45, 2.75) is 84.9 Å². The quantitative estimate of drug-likeness (QED) is 0.485. The van der Waals surface area contributed by atoms with Crippen molar-refractivity contribution in [3.8, 4) is 0 Å². The highest BCUT2D eigenvalue weighted by Crippen LogP contribution is 2.33. The molecule has 0 radical (unpaired) electrons. The number of amides is 1. The molecule has 1 aromatic heterocycles. The van der Waals surface area contributed by atoms with Gasteiger partial charge in [-0.25, -0.2) is 14.8 Å². The average Bonchev–Trinajstić information content (AvgIpc) is 3.28. The van der Waals surface area contributed by atoms with Gasteiger partial charge in [-0.1, -0.05) is 38.5 Å². The highest BCUT2D eigenvalue weighted by molar-refractivity contribution is 5.72. The van der Waals surface area contributed by atoms with Gasteiger partial charge < -0.3 is 14.8 Å². The van der Waals surface area contributed by atoms with Crippen LogP contribution in [0.4, 0.5) is 16.3 Å². The number of nitrogens with zero attached hydrogens (tertiary/aromatic N) is 3. The summed E-state index contributed by atoms with van der Waals surface area (Å²) in [5.74, 6) is 2.04. The minimum Gasteiger partial charge on any atom is -0.444 e. The number of anilines is 2. The zero-order chi connectivity index (χ0) is 25.0. The van der Waals surface area contributed by atoms with E-state index in [2.05, 4.69) is 43.4 Å². The number of benzene rings is 1. The molecule has 2 aliphatic heterocycles. The second-order valence-corrected chi connectivity index (χ2v) is 10.4. The summed E-state index contributed by atoms with van der Waals surface area (Å²) < 4.78 is 11.1. The summed E-state index contributed by atoms with van der Waals surface area (Å²) in [6.45, 7) is 12.2. The number of hydrogen-bond acceptors (Lipinski definition) is 6. The van der Waals surface area contributed by atoms with Crippen molar-refractivity contribution in [1.29, 1.82) is 0 Å². The third kappa shape index (κ3) is 6.20. The van der Waals surface area contributed by atoms with Gasteiger partial charge in [0.2, 0.25) is 0 Å². The number of fused-ring (bicyclic) bond motifs is 1. The molecule has 188 valence electrons. The molecular formula is C28H38N4O3. The molecule has 0 aliphatic carbocycles. The molecule has 1 unspecified atom stereocenters. The molecule has 1 aromatic carbocycles. The number of nitrogens with one attached hydrogen (secondary N) is 1. The number of aromatic nitrogens is 2. The van der Waals surface area contributed by atoms with Gasteiger partial charge >= 0.3 is 6.09 Å². The van der Waals surface area contributed by atoms with E-state index in [0.29, 0.717) is 38.0 Å². The summed E-state index contributed by atoms with van der Waals surface area (Å²) in [7, 11) is 0. The van der Waals surface area contributed by atoms with Gasteiger partial charge in [0.25, 0.3) is 0 Å². The molecule has 1 N–H and O–H groups in total. The second-order valence-electron chi connectivity index (χ2n) is 10.4. The maximum absolute atomic E-state index is 12.8. The van der Waals surface area contributed by atoms with E-state index >= 15 is 0 Å². The number of carbonyl (C=O) groups is 1. The van der Waals surface area contributed by atoms with Crippen molar-refractivity contribution in [2.75, 3.05) is 18.5 Å². The van der Waals surface area contributed by atoms with Crippen molar-refractivity contribution >= 4 is 23.2 Å². The number of rotatable bonds is 7. The molecule has 4 rings (SSSR count). The molecule has 35 heavy (non-hydrogen) atoms. The van der Waals surface area contributed by atoms with E-state index in [-0.39, 0.29) is 6.09 Å². The fourth-order valence-corrected chi connectivity index (χ4v) is 4.62. The molecule has 7 nitrogen and oxygen atoms in total. The van der Waals surface area contributed by atoms with Crippen molar-refractivity contribution in [2.24, 2.45) is 0 Å². The van der Waals surface area contributed by atoms with Gasteiger partial charge in [-0.2, -0.15) is 0 Å². The standard InChI is InChI=1S/C28H38N4O3/c1-6-8-19(7-2)20-9-11-22(12-10-20)29-26-23-17-32(27(33)35-28(3,4)5)18-24(23)30-25(31-26)21-13-15-34-16-14-21/h9-13,19H,6-8,14-18H2,1-5H3,(H,29,30,31). The lowest BCUT2D eigenvalue weighted by Crippen LogP contribution is -2.33. The first-order valence-electron chi connectivity index (χ1n) is 12.8. The van der Waals surface area contributed by atoms with Crippen LogP contribution in [0, 0.1) is 0 Å². The Morgan fingerprint density at radius 1 is 1.17 bits per heavy atom. The molecule has 1 atom stereocenters. The minimum atomic E-state index is -0.549. The minimum absolute atomic E-state index is 0.334. The van der Waals surface area contributed by atoms with Gasteiger partial charge in [-0.3, -0.25) is 4.90 Å². The summed E-state index contributed by atoms with van der Waals surface area (Å²) >= 11 is 0. The normalized spacial score (nSPS) is 16.5. The lowest BCUT2D eigenvalue weighted by molar-refractivity contribution is 0.0241. The highest BCUT2D eigenvalue weighted by atomic mass is 16.6. The largest absolute Gasteiger partial charge is 0.444 e. The SMILES string of the molecule is CCCC(CC)c1ccc(Nc2nc(C3=CCOCC3)nc3c2CN(C(=O)OC(C)(C)C)C3)cc1. The predicted molar refractivity (Wildman–Crippen MR) is 139 cm³/mol. The smallest absolute Gasteiger partial charge is 0.410 e. The van der Waals surface area contributed by atoms with Crippen molar-refractivity contribution < 1.29 is 14.3 Å². The molecule has 2 aliphatic rings.